The maximum Gasteiger partial charge on any atom is 0.191 e. The third kappa shape index (κ3) is 4.37. The average molecular weight is 360 g/mol. The molecule has 2 aromatic rings. The largest absolute Gasteiger partial charge is 0.496 e. The molecular weight excluding hydrogens is 338 g/mol. The van der Waals surface area contributed by atoms with Gasteiger partial charge in [-0.15, -0.1) is 0 Å². The Morgan fingerprint density at radius 2 is 2.12 bits per heavy atom. The summed E-state index contributed by atoms with van der Waals surface area (Å²) in [5.41, 5.74) is 2.27. The minimum absolute atomic E-state index is 0.112. The van der Waals surface area contributed by atoms with E-state index in [1.807, 2.05) is 30.3 Å². The van der Waals surface area contributed by atoms with E-state index in [0.29, 0.717) is 18.1 Å². The van der Waals surface area contributed by atoms with Gasteiger partial charge < -0.3 is 20.1 Å². The van der Waals surface area contributed by atoms with Crippen LogP contribution in [0.3, 0.4) is 0 Å². The fourth-order valence-electron chi connectivity index (χ4n) is 2.84. The molecule has 5 nitrogen and oxygen atoms in total. The molecule has 132 valence electrons. The van der Waals surface area contributed by atoms with Crippen molar-refractivity contribution in [1.29, 1.82) is 0 Å². The first kappa shape index (κ1) is 17.4. The van der Waals surface area contributed by atoms with Crippen LogP contribution in [-0.4, -0.2) is 32.8 Å². The van der Waals surface area contributed by atoms with Crippen LogP contribution >= 0.6 is 11.6 Å². The summed E-state index contributed by atoms with van der Waals surface area (Å²) >= 11 is 6.00. The van der Waals surface area contributed by atoms with Crippen molar-refractivity contribution in [3.05, 3.63) is 58.6 Å². The van der Waals surface area contributed by atoms with Crippen LogP contribution in [0.4, 0.5) is 0 Å². The van der Waals surface area contributed by atoms with Crippen LogP contribution in [-0.2, 0) is 13.0 Å². The number of nitrogens with one attached hydrogen (secondary N) is 2. The lowest BCUT2D eigenvalue weighted by atomic mass is 10.1. The summed E-state index contributed by atoms with van der Waals surface area (Å²) in [5.74, 6) is 2.45. The summed E-state index contributed by atoms with van der Waals surface area (Å²) in [6.45, 7) is 1.28. The second kappa shape index (κ2) is 8.12. The molecule has 0 aliphatic carbocycles. The maximum absolute atomic E-state index is 6.00. The molecule has 2 N–H and O–H groups in total. The Morgan fingerprint density at radius 3 is 2.88 bits per heavy atom. The monoisotopic (exact) mass is 359 g/mol. The molecule has 0 aromatic heterocycles. The van der Waals surface area contributed by atoms with Crippen molar-refractivity contribution >= 4 is 17.6 Å². The van der Waals surface area contributed by atoms with E-state index in [0.717, 1.165) is 29.4 Å². The first-order chi connectivity index (χ1) is 12.2. The molecule has 0 spiro atoms. The molecule has 6 heteroatoms. The number of hydrogen-bond acceptors (Lipinski definition) is 3. The van der Waals surface area contributed by atoms with Gasteiger partial charge in [-0.25, -0.2) is 0 Å². The van der Waals surface area contributed by atoms with Crippen molar-refractivity contribution in [2.45, 2.75) is 19.1 Å². The molecule has 0 fully saturated rings. The van der Waals surface area contributed by atoms with E-state index >= 15 is 0 Å². The Bertz CT molecular complexity index is 739. The van der Waals surface area contributed by atoms with Gasteiger partial charge in [-0.1, -0.05) is 35.9 Å². The van der Waals surface area contributed by atoms with Gasteiger partial charge in [0.25, 0.3) is 0 Å². The summed E-state index contributed by atoms with van der Waals surface area (Å²) in [7, 11) is 3.38. The first-order valence-corrected chi connectivity index (χ1v) is 8.59. The van der Waals surface area contributed by atoms with Gasteiger partial charge in [0, 0.05) is 30.6 Å². The highest BCUT2D eigenvalue weighted by atomic mass is 35.5. The molecule has 0 saturated heterocycles. The van der Waals surface area contributed by atoms with Crippen molar-refractivity contribution in [2.75, 3.05) is 20.7 Å². The van der Waals surface area contributed by atoms with Crippen molar-refractivity contribution in [1.82, 2.24) is 10.6 Å². The van der Waals surface area contributed by atoms with Crippen molar-refractivity contribution in [3.8, 4) is 11.5 Å². The zero-order valence-corrected chi connectivity index (χ0v) is 15.1. The number of halogens is 1. The molecule has 0 amide bonds. The molecule has 2 aromatic carbocycles. The molecule has 1 heterocycles. The first-order valence-electron chi connectivity index (χ1n) is 8.21. The fraction of sp³-hybridized carbons (Fsp3) is 0.316. The summed E-state index contributed by atoms with van der Waals surface area (Å²) in [6.07, 6.45) is 1.02. The normalized spacial score (nSPS) is 16.1. The number of benzene rings is 2. The molecular formula is C19H22ClN3O2. The molecule has 1 aliphatic rings. The molecule has 0 bridgehead atoms. The Morgan fingerprint density at radius 1 is 1.28 bits per heavy atom. The second-order valence-electron chi connectivity index (χ2n) is 5.81. The van der Waals surface area contributed by atoms with Gasteiger partial charge in [-0.3, -0.25) is 4.99 Å². The van der Waals surface area contributed by atoms with E-state index in [-0.39, 0.29) is 6.10 Å². The lowest BCUT2D eigenvalue weighted by Gasteiger charge is -2.16. The summed E-state index contributed by atoms with van der Waals surface area (Å²) in [4.78, 5) is 4.26. The molecule has 1 aliphatic heterocycles. The number of para-hydroxylation sites is 1. The number of nitrogens with zero attached hydrogens (tertiary/aromatic N) is 1. The Balaban J connectivity index is 1.51. The van der Waals surface area contributed by atoms with Gasteiger partial charge in [0.15, 0.2) is 5.96 Å². The smallest absolute Gasteiger partial charge is 0.191 e. The predicted octanol–water partition coefficient (Wildman–Crippen LogP) is 3.02. The van der Waals surface area contributed by atoms with Gasteiger partial charge in [-0.05, 0) is 23.8 Å². The number of fused-ring (bicyclic) bond motifs is 1. The van der Waals surface area contributed by atoms with Crippen LogP contribution in [0.15, 0.2) is 47.5 Å². The van der Waals surface area contributed by atoms with Crippen LogP contribution in [0.25, 0.3) is 0 Å². The van der Waals surface area contributed by atoms with E-state index in [9.17, 15) is 0 Å². The van der Waals surface area contributed by atoms with Crippen molar-refractivity contribution < 1.29 is 9.47 Å². The van der Waals surface area contributed by atoms with E-state index in [2.05, 4.69) is 21.7 Å². The summed E-state index contributed by atoms with van der Waals surface area (Å²) < 4.78 is 11.3. The van der Waals surface area contributed by atoms with Crippen molar-refractivity contribution in [3.63, 3.8) is 0 Å². The molecule has 1 unspecified atom stereocenters. The lowest BCUT2D eigenvalue weighted by molar-refractivity contribution is 0.235. The Kier molecular flexibility index (Phi) is 5.66. The maximum atomic E-state index is 6.00. The fourth-order valence-corrected chi connectivity index (χ4v) is 3.00. The number of methoxy groups -OCH3 is 1. The third-order valence-corrected chi connectivity index (χ3v) is 4.37. The van der Waals surface area contributed by atoms with E-state index in [1.165, 1.54) is 5.56 Å². The number of guanidine groups is 1. The van der Waals surface area contributed by atoms with Gasteiger partial charge in [0.05, 0.1) is 13.7 Å². The second-order valence-corrected chi connectivity index (χ2v) is 6.25. The van der Waals surface area contributed by atoms with Gasteiger partial charge in [0.2, 0.25) is 0 Å². The Labute approximate surface area is 153 Å². The quantitative estimate of drug-likeness (QED) is 0.636. The number of aliphatic imine (C=N–C) groups is 1. The number of hydrogen-bond donors (Lipinski definition) is 2. The zero-order valence-electron chi connectivity index (χ0n) is 14.4. The topological polar surface area (TPSA) is 54.9 Å². The van der Waals surface area contributed by atoms with Crippen LogP contribution in [0.1, 0.15) is 11.1 Å². The lowest BCUT2D eigenvalue weighted by Crippen LogP contribution is -2.42. The zero-order chi connectivity index (χ0) is 17.6. The van der Waals surface area contributed by atoms with Crippen LogP contribution in [0.2, 0.25) is 5.02 Å². The average Bonchev–Trinajstić information content (AvgIpc) is 3.05. The van der Waals surface area contributed by atoms with Crippen LogP contribution < -0.4 is 20.1 Å². The minimum atomic E-state index is 0.112. The van der Waals surface area contributed by atoms with Crippen LogP contribution in [0, 0.1) is 0 Å². The number of rotatable bonds is 5. The highest BCUT2D eigenvalue weighted by Crippen LogP contribution is 2.27. The summed E-state index contributed by atoms with van der Waals surface area (Å²) in [5, 5.41) is 7.25. The van der Waals surface area contributed by atoms with Gasteiger partial charge in [0.1, 0.15) is 17.6 Å². The molecule has 0 saturated carbocycles. The number of ether oxygens (including phenoxy) is 2. The van der Waals surface area contributed by atoms with E-state index < -0.39 is 0 Å². The predicted molar refractivity (Wildman–Crippen MR) is 101 cm³/mol. The van der Waals surface area contributed by atoms with Crippen molar-refractivity contribution in [2.24, 2.45) is 4.99 Å². The van der Waals surface area contributed by atoms with Crippen LogP contribution in [0.5, 0.6) is 11.5 Å². The van der Waals surface area contributed by atoms with Gasteiger partial charge >= 0.3 is 0 Å². The molecule has 3 rings (SSSR count). The van der Waals surface area contributed by atoms with Gasteiger partial charge in [-0.2, -0.15) is 0 Å². The highest BCUT2D eigenvalue weighted by Gasteiger charge is 2.22. The standard InChI is InChI=1S/C19H22ClN3O2/c1-21-19(22-11-14-7-8-15(20)10-18(14)24-2)23-12-16-9-13-5-3-4-6-17(13)25-16/h3-8,10,16H,9,11-12H2,1-2H3,(H2,21,22,23). The Hall–Kier alpha value is -2.40. The minimum Gasteiger partial charge on any atom is -0.496 e. The highest BCUT2D eigenvalue weighted by molar-refractivity contribution is 6.30. The third-order valence-electron chi connectivity index (χ3n) is 4.13. The molecule has 1 atom stereocenters. The SMILES string of the molecule is CN=C(NCc1ccc(Cl)cc1OC)NCC1Cc2ccccc2O1. The molecule has 0 radical (unpaired) electrons. The van der Waals surface area contributed by atoms with E-state index in [4.69, 9.17) is 21.1 Å². The summed E-state index contributed by atoms with van der Waals surface area (Å²) in [6, 6.07) is 13.7. The molecule has 25 heavy (non-hydrogen) atoms. The van der Waals surface area contributed by atoms with E-state index in [1.54, 1.807) is 20.2 Å².